The van der Waals surface area contributed by atoms with Crippen molar-refractivity contribution < 1.29 is 4.79 Å². The average Bonchev–Trinajstić information content (AvgIpc) is 2.62. The molecule has 1 saturated heterocycles. The molecule has 5 heteroatoms. The molecule has 126 valence electrons. The minimum absolute atomic E-state index is 0.159. The molecule has 1 aromatic heterocycles. The average molecular weight is 324 g/mol. The first-order valence-electron chi connectivity index (χ1n) is 8.45. The summed E-state index contributed by atoms with van der Waals surface area (Å²) < 4.78 is 0. The van der Waals surface area contributed by atoms with Crippen LogP contribution in [0, 0.1) is 0 Å². The fraction of sp³-hybridized carbons (Fsp3) is 0.368. The van der Waals surface area contributed by atoms with E-state index in [1.54, 1.807) is 13.2 Å². The van der Waals surface area contributed by atoms with Gasteiger partial charge in [0.2, 0.25) is 0 Å². The highest BCUT2D eigenvalue weighted by molar-refractivity contribution is 5.92. The fourth-order valence-electron chi connectivity index (χ4n) is 3.17. The Bertz CT molecular complexity index is 674. The van der Waals surface area contributed by atoms with Crippen LogP contribution in [0.4, 0.5) is 5.69 Å². The number of piperidine rings is 1. The van der Waals surface area contributed by atoms with Crippen LogP contribution in [0.3, 0.4) is 0 Å². The van der Waals surface area contributed by atoms with Gasteiger partial charge < -0.3 is 10.6 Å². The molecule has 24 heavy (non-hydrogen) atoms. The van der Waals surface area contributed by atoms with Gasteiger partial charge in [-0.25, -0.2) is 0 Å². The number of hydrogen-bond acceptors (Lipinski definition) is 4. The number of amides is 1. The Balaban J connectivity index is 1.60. The molecule has 1 amide bonds. The third-order valence-electron chi connectivity index (χ3n) is 4.34. The molecule has 0 spiro atoms. The first kappa shape index (κ1) is 16.5. The summed E-state index contributed by atoms with van der Waals surface area (Å²) >= 11 is 0. The maximum Gasteiger partial charge on any atom is 0.269 e. The molecule has 2 heterocycles. The van der Waals surface area contributed by atoms with Gasteiger partial charge in [0, 0.05) is 38.1 Å². The number of aromatic nitrogens is 1. The van der Waals surface area contributed by atoms with Crippen molar-refractivity contribution in [3.8, 4) is 0 Å². The SMILES string of the molecule is CNC(=O)c1cc(NC2CCCN(Cc3ccccc3)C2)ccn1. The zero-order valence-corrected chi connectivity index (χ0v) is 14.0. The number of carbonyl (C=O) groups excluding carboxylic acids is 1. The second-order valence-corrected chi connectivity index (χ2v) is 6.21. The van der Waals surface area contributed by atoms with E-state index >= 15 is 0 Å². The minimum Gasteiger partial charge on any atom is -0.381 e. The van der Waals surface area contributed by atoms with E-state index in [0.717, 1.165) is 31.7 Å². The lowest BCUT2D eigenvalue weighted by molar-refractivity contribution is 0.0958. The zero-order chi connectivity index (χ0) is 16.8. The summed E-state index contributed by atoms with van der Waals surface area (Å²) in [5.41, 5.74) is 2.75. The van der Waals surface area contributed by atoms with E-state index in [2.05, 4.69) is 50.8 Å². The van der Waals surface area contributed by atoms with Crippen molar-refractivity contribution in [1.29, 1.82) is 0 Å². The lowest BCUT2D eigenvalue weighted by Crippen LogP contribution is -2.41. The molecule has 0 aliphatic carbocycles. The third kappa shape index (κ3) is 4.32. The molecule has 2 N–H and O–H groups in total. The largest absolute Gasteiger partial charge is 0.381 e. The first-order chi connectivity index (χ1) is 11.7. The molecule has 1 aliphatic heterocycles. The van der Waals surface area contributed by atoms with Gasteiger partial charge in [0.05, 0.1) is 0 Å². The third-order valence-corrected chi connectivity index (χ3v) is 4.34. The number of rotatable bonds is 5. The highest BCUT2D eigenvalue weighted by Gasteiger charge is 2.20. The van der Waals surface area contributed by atoms with Gasteiger partial charge in [-0.3, -0.25) is 14.7 Å². The molecule has 0 bridgehead atoms. The number of anilines is 1. The molecular formula is C19H24N4O. The molecule has 0 saturated carbocycles. The van der Waals surface area contributed by atoms with Crippen molar-refractivity contribution in [3.05, 3.63) is 59.9 Å². The van der Waals surface area contributed by atoms with Crippen LogP contribution in [0.1, 0.15) is 28.9 Å². The summed E-state index contributed by atoms with van der Waals surface area (Å²) in [7, 11) is 1.62. The Hall–Kier alpha value is -2.40. The molecule has 1 atom stereocenters. The number of hydrogen-bond donors (Lipinski definition) is 2. The summed E-state index contributed by atoms with van der Waals surface area (Å²) in [6.07, 6.45) is 4.00. The van der Waals surface area contributed by atoms with E-state index in [4.69, 9.17) is 0 Å². The van der Waals surface area contributed by atoms with E-state index in [1.165, 1.54) is 12.0 Å². The van der Waals surface area contributed by atoms with Gasteiger partial charge in [0.15, 0.2) is 0 Å². The lowest BCUT2D eigenvalue weighted by Gasteiger charge is -2.33. The van der Waals surface area contributed by atoms with Crippen LogP contribution in [0.2, 0.25) is 0 Å². The van der Waals surface area contributed by atoms with Gasteiger partial charge in [-0.2, -0.15) is 0 Å². The van der Waals surface area contributed by atoms with E-state index in [1.807, 2.05) is 12.1 Å². The second-order valence-electron chi connectivity index (χ2n) is 6.21. The van der Waals surface area contributed by atoms with Gasteiger partial charge in [0.25, 0.3) is 5.91 Å². The Morgan fingerprint density at radius 2 is 2.12 bits per heavy atom. The number of likely N-dealkylation sites (tertiary alicyclic amines) is 1. The number of nitrogens with one attached hydrogen (secondary N) is 2. The van der Waals surface area contributed by atoms with Crippen LogP contribution in [0.15, 0.2) is 48.7 Å². The Morgan fingerprint density at radius 1 is 1.29 bits per heavy atom. The first-order valence-corrected chi connectivity index (χ1v) is 8.45. The number of benzene rings is 1. The molecule has 1 fully saturated rings. The van der Waals surface area contributed by atoms with Crippen LogP contribution < -0.4 is 10.6 Å². The maximum atomic E-state index is 11.7. The Kier molecular flexibility index (Phi) is 5.43. The van der Waals surface area contributed by atoms with Gasteiger partial charge in [-0.05, 0) is 37.1 Å². The number of nitrogens with zero attached hydrogens (tertiary/aromatic N) is 2. The summed E-state index contributed by atoms with van der Waals surface area (Å²) in [5.74, 6) is -0.159. The van der Waals surface area contributed by atoms with Gasteiger partial charge in [0.1, 0.15) is 5.69 Å². The molecule has 1 aliphatic rings. The minimum atomic E-state index is -0.159. The molecule has 1 unspecified atom stereocenters. The summed E-state index contributed by atoms with van der Waals surface area (Å²) in [6, 6.07) is 14.7. The Labute approximate surface area is 143 Å². The molecular weight excluding hydrogens is 300 g/mol. The molecule has 3 rings (SSSR count). The molecule has 2 aromatic rings. The van der Waals surface area contributed by atoms with Gasteiger partial charge >= 0.3 is 0 Å². The predicted octanol–water partition coefficient (Wildman–Crippen LogP) is 2.52. The topological polar surface area (TPSA) is 57.3 Å². The standard InChI is InChI=1S/C19H24N4O/c1-20-19(24)18-12-16(9-10-21-18)22-17-8-5-11-23(14-17)13-15-6-3-2-4-7-15/h2-4,6-7,9-10,12,17H,5,8,11,13-14H2,1H3,(H,20,24)(H,21,22). The van der Waals surface area contributed by atoms with Crippen molar-refractivity contribution in [1.82, 2.24) is 15.2 Å². The van der Waals surface area contributed by atoms with E-state index in [-0.39, 0.29) is 5.91 Å². The van der Waals surface area contributed by atoms with Crippen molar-refractivity contribution >= 4 is 11.6 Å². The van der Waals surface area contributed by atoms with Crippen LogP contribution in [0.5, 0.6) is 0 Å². The summed E-state index contributed by atoms with van der Waals surface area (Å²) in [4.78, 5) is 18.3. The van der Waals surface area contributed by atoms with Gasteiger partial charge in [-0.1, -0.05) is 30.3 Å². The second kappa shape index (κ2) is 7.93. The van der Waals surface area contributed by atoms with Crippen LogP contribution in [0.25, 0.3) is 0 Å². The van der Waals surface area contributed by atoms with Crippen molar-refractivity contribution in [3.63, 3.8) is 0 Å². The highest BCUT2D eigenvalue weighted by atomic mass is 16.1. The van der Waals surface area contributed by atoms with Crippen LogP contribution in [-0.4, -0.2) is 42.0 Å². The van der Waals surface area contributed by atoms with Crippen LogP contribution in [-0.2, 0) is 6.54 Å². The van der Waals surface area contributed by atoms with E-state index in [9.17, 15) is 4.79 Å². The van der Waals surface area contributed by atoms with E-state index in [0.29, 0.717) is 11.7 Å². The lowest BCUT2D eigenvalue weighted by atomic mass is 10.0. The van der Waals surface area contributed by atoms with Crippen molar-refractivity contribution in [2.75, 3.05) is 25.5 Å². The van der Waals surface area contributed by atoms with Crippen LogP contribution >= 0.6 is 0 Å². The normalized spacial score (nSPS) is 18.1. The van der Waals surface area contributed by atoms with E-state index < -0.39 is 0 Å². The highest BCUT2D eigenvalue weighted by Crippen LogP contribution is 2.18. The quantitative estimate of drug-likeness (QED) is 0.887. The number of carbonyl (C=O) groups is 1. The van der Waals surface area contributed by atoms with Gasteiger partial charge in [-0.15, -0.1) is 0 Å². The monoisotopic (exact) mass is 324 g/mol. The molecule has 1 aromatic carbocycles. The Morgan fingerprint density at radius 3 is 2.92 bits per heavy atom. The summed E-state index contributed by atoms with van der Waals surface area (Å²) in [5, 5.41) is 6.16. The fourth-order valence-corrected chi connectivity index (χ4v) is 3.17. The molecule has 5 nitrogen and oxygen atoms in total. The number of pyridine rings is 1. The maximum absolute atomic E-state index is 11.7. The zero-order valence-electron chi connectivity index (χ0n) is 14.0. The summed E-state index contributed by atoms with van der Waals surface area (Å²) in [6.45, 7) is 3.12. The van der Waals surface area contributed by atoms with Crippen molar-refractivity contribution in [2.24, 2.45) is 0 Å². The van der Waals surface area contributed by atoms with Crippen molar-refractivity contribution in [2.45, 2.75) is 25.4 Å². The predicted molar refractivity (Wildman–Crippen MR) is 96.0 cm³/mol. The molecule has 0 radical (unpaired) electrons. The smallest absolute Gasteiger partial charge is 0.269 e.